The van der Waals surface area contributed by atoms with Crippen LogP contribution in [0, 0.1) is 22.7 Å². The number of nitrogens with zero attached hydrogens (tertiary/aromatic N) is 1. The minimum atomic E-state index is -3.68. The fourth-order valence-corrected chi connectivity index (χ4v) is 10.1. The zero-order valence-corrected chi connectivity index (χ0v) is 20.6. The van der Waals surface area contributed by atoms with Crippen molar-refractivity contribution in [2.24, 2.45) is 22.7 Å². The zero-order chi connectivity index (χ0) is 23.9. The highest BCUT2D eigenvalue weighted by Crippen LogP contribution is 2.72. The number of hydrogen-bond donors (Lipinski definition) is 2. The third-order valence-electron chi connectivity index (χ3n) is 10.2. The molecule has 1 saturated heterocycles. The van der Waals surface area contributed by atoms with E-state index in [1.54, 1.807) is 4.31 Å². The summed E-state index contributed by atoms with van der Waals surface area (Å²) in [7, 11) is -3.68. The monoisotopic (exact) mass is 473 g/mol. The molecule has 4 aliphatic rings. The molecule has 0 aromatic heterocycles. The van der Waals surface area contributed by atoms with Crippen LogP contribution in [-0.4, -0.2) is 53.3 Å². The van der Waals surface area contributed by atoms with Crippen LogP contribution in [0.25, 0.3) is 6.08 Å². The van der Waals surface area contributed by atoms with Gasteiger partial charge in [0, 0.05) is 23.9 Å². The third kappa shape index (κ3) is 2.98. The molecule has 2 N–H and O–H groups in total. The Bertz CT molecular complexity index is 1120. The number of sulfonamides is 1. The van der Waals surface area contributed by atoms with Crippen molar-refractivity contribution < 1.29 is 23.4 Å². The van der Waals surface area contributed by atoms with Crippen LogP contribution in [0.3, 0.4) is 0 Å². The zero-order valence-electron chi connectivity index (χ0n) is 19.8. The number of benzene rings is 1. The van der Waals surface area contributed by atoms with Crippen molar-refractivity contribution in [1.29, 1.82) is 0 Å². The van der Waals surface area contributed by atoms with Crippen molar-refractivity contribution in [3.8, 4) is 0 Å². The standard InChI is InChI=1S/C26H35NO5S/c1-18(22(28)29)26(30)16-20-9-11-25(26,23(20,2)3)17-33(31,32)27-14-12-24(13-15-27)10-8-19-6-4-5-7-21(19)24/h4-8,10,18,20,30H,9,11-17H2,1-3H3,(H,28,29)/t18?,20?,25-,26-/m0/s1. The van der Waals surface area contributed by atoms with E-state index in [2.05, 4.69) is 24.3 Å². The summed E-state index contributed by atoms with van der Waals surface area (Å²) in [4.78, 5) is 11.9. The van der Waals surface area contributed by atoms with E-state index in [1.807, 2.05) is 26.0 Å². The average molecular weight is 474 g/mol. The maximum absolute atomic E-state index is 13.8. The van der Waals surface area contributed by atoms with Gasteiger partial charge >= 0.3 is 5.97 Å². The van der Waals surface area contributed by atoms with Gasteiger partial charge in [0.25, 0.3) is 0 Å². The lowest BCUT2D eigenvalue weighted by atomic mass is 9.60. The van der Waals surface area contributed by atoms with Crippen molar-refractivity contribution in [3.05, 3.63) is 41.5 Å². The second-order valence-corrected chi connectivity index (χ2v) is 13.4. The molecule has 180 valence electrons. The van der Waals surface area contributed by atoms with E-state index in [9.17, 15) is 23.4 Å². The Morgan fingerprint density at radius 2 is 1.85 bits per heavy atom. The summed E-state index contributed by atoms with van der Waals surface area (Å²) in [6.45, 7) is 6.46. The molecule has 33 heavy (non-hydrogen) atoms. The summed E-state index contributed by atoms with van der Waals surface area (Å²) in [5.74, 6) is -2.13. The number of carboxylic acid groups (broad SMARTS) is 1. The maximum Gasteiger partial charge on any atom is 0.309 e. The van der Waals surface area contributed by atoms with Gasteiger partial charge in [0.15, 0.2) is 0 Å². The molecule has 1 aliphatic heterocycles. The van der Waals surface area contributed by atoms with Crippen molar-refractivity contribution in [1.82, 2.24) is 4.31 Å². The number of hydrogen-bond acceptors (Lipinski definition) is 4. The molecule has 3 fully saturated rings. The highest BCUT2D eigenvalue weighted by atomic mass is 32.2. The van der Waals surface area contributed by atoms with Gasteiger partial charge in [-0.25, -0.2) is 12.7 Å². The molecule has 0 amide bonds. The van der Waals surface area contributed by atoms with Gasteiger partial charge < -0.3 is 10.2 Å². The van der Waals surface area contributed by atoms with Gasteiger partial charge in [-0.15, -0.1) is 0 Å². The number of allylic oxidation sites excluding steroid dienone is 1. The summed E-state index contributed by atoms with van der Waals surface area (Å²) >= 11 is 0. The summed E-state index contributed by atoms with van der Waals surface area (Å²) in [6, 6.07) is 8.31. The molecule has 3 aliphatic carbocycles. The number of fused-ring (bicyclic) bond motifs is 4. The van der Waals surface area contributed by atoms with Crippen molar-refractivity contribution in [2.45, 2.75) is 63.9 Å². The quantitative estimate of drug-likeness (QED) is 0.681. The molecule has 7 heteroatoms. The molecule has 2 saturated carbocycles. The predicted octanol–water partition coefficient (Wildman–Crippen LogP) is 3.65. The Labute approximate surface area is 196 Å². The van der Waals surface area contributed by atoms with Crippen LogP contribution in [0.2, 0.25) is 0 Å². The molecule has 1 aromatic carbocycles. The van der Waals surface area contributed by atoms with E-state index in [1.165, 1.54) is 18.1 Å². The molecule has 1 heterocycles. The number of rotatable bonds is 5. The first-order valence-corrected chi connectivity index (χ1v) is 13.7. The van der Waals surface area contributed by atoms with Crippen LogP contribution in [0.1, 0.15) is 64.0 Å². The van der Waals surface area contributed by atoms with Crippen LogP contribution in [0.4, 0.5) is 0 Å². The number of aliphatic carboxylic acids is 1. The molecule has 1 spiro atoms. The van der Waals surface area contributed by atoms with Crippen LogP contribution >= 0.6 is 0 Å². The maximum atomic E-state index is 13.8. The molecule has 5 rings (SSSR count). The number of carbonyl (C=O) groups is 1. The van der Waals surface area contributed by atoms with Gasteiger partial charge in [0.1, 0.15) is 0 Å². The molecule has 2 unspecified atom stereocenters. The predicted molar refractivity (Wildman–Crippen MR) is 127 cm³/mol. The van der Waals surface area contributed by atoms with E-state index in [0.29, 0.717) is 25.9 Å². The lowest BCUT2D eigenvalue weighted by molar-refractivity contribution is -0.167. The molecule has 1 aromatic rings. The first kappa shape index (κ1) is 23.1. The Morgan fingerprint density at radius 1 is 1.18 bits per heavy atom. The Kier molecular flexibility index (Phi) is 5.00. The Morgan fingerprint density at radius 3 is 2.48 bits per heavy atom. The van der Waals surface area contributed by atoms with Gasteiger partial charge in [0.2, 0.25) is 10.0 Å². The molecular formula is C26H35NO5S. The molecule has 4 atom stereocenters. The van der Waals surface area contributed by atoms with Crippen LogP contribution < -0.4 is 0 Å². The lowest BCUT2D eigenvalue weighted by Crippen LogP contribution is -2.60. The van der Waals surface area contributed by atoms with Crippen molar-refractivity contribution in [2.75, 3.05) is 18.8 Å². The minimum Gasteiger partial charge on any atom is -0.481 e. The van der Waals surface area contributed by atoms with E-state index in [4.69, 9.17) is 0 Å². The summed E-state index contributed by atoms with van der Waals surface area (Å²) < 4.78 is 29.2. The molecule has 0 radical (unpaired) electrons. The first-order chi connectivity index (χ1) is 15.4. The normalized spacial score (nSPS) is 35.1. The van der Waals surface area contributed by atoms with Crippen LogP contribution in [-0.2, 0) is 20.2 Å². The number of piperidine rings is 1. The van der Waals surface area contributed by atoms with Crippen LogP contribution in [0.15, 0.2) is 30.3 Å². The second-order valence-electron chi connectivity index (χ2n) is 11.5. The fourth-order valence-electron chi connectivity index (χ4n) is 7.81. The minimum absolute atomic E-state index is 0.107. The first-order valence-electron chi connectivity index (χ1n) is 12.1. The van der Waals surface area contributed by atoms with E-state index in [0.717, 1.165) is 19.3 Å². The van der Waals surface area contributed by atoms with Crippen molar-refractivity contribution in [3.63, 3.8) is 0 Å². The van der Waals surface area contributed by atoms with E-state index < -0.39 is 38.3 Å². The smallest absolute Gasteiger partial charge is 0.309 e. The van der Waals surface area contributed by atoms with Gasteiger partial charge in [-0.1, -0.05) is 50.3 Å². The molecule has 6 nitrogen and oxygen atoms in total. The van der Waals surface area contributed by atoms with Gasteiger partial charge in [-0.2, -0.15) is 0 Å². The van der Waals surface area contributed by atoms with Gasteiger partial charge in [-0.05, 0) is 61.5 Å². The number of aliphatic hydroxyl groups is 1. The summed E-state index contributed by atoms with van der Waals surface area (Å²) in [6.07, 6.45) is 7.57. The van der Waals surface area contributed by atoms with Crippen LogP contribution in [0.5, 0.6) is 0 Å². The lowest BCUT2D eigenvalue weighted by Gasteiger charge is -2.50. The largest absolute Gasteiger partial charge is 0.481 e. The summed E-state index contributed by atoms with van der Waals surface area (Å²) in [5.41, 5.74) is -0.544. The van der Waals surface area contributed by atoms with Gasteiger partial charge in [0.05, 0.1) is 17.3 Å². The Balaban J connectivity index is 1.41. The SMILES string of the molecule is CC(C(=O)O)[C@@]1(O)CC2CC[C@]1(CS(=O)(=O)N1CCC3(C=Cc4ccccc43)CC1)C2(C)C. The third-order valence-corrected chi connectivity index (χ3v) is 12.2. The van der Waals surface area contributed by atoms with Crippen molar-refractivity contribution >= 4 is 22.1 Å². The van der Waals surface area contributed by atoms with E-state index >= 15 is 0 Å². The highest BCUT2D eigenvalue weighted by Gasteiger charge is 2.74. The van der Waals surface area contributed by atoms with Gasteiger partial charge in [-0.3, -0.25) is 4.79 Å². The second kappa shape index (κ2) is 7.15. The summed E-state index contributed by atoms with van der Waals surface area (Å²) in [5, 5.41) is 21.5. The fraction of sp³-hybridized carbons (Fsp3) is 0.654. The Hall–Kier alpha value is -1.70. The molecular weight excluding hydrogens is 438 g/mol. The topological polar surface area (TPSA) is 94.9 Å². The average Bonchev–Trinajstić information content (AvgIpc) is 3.29. The number of carboxylic acids is 1. The van der Waals surface area contributed by atoms with E-state index in [-0.39, 0.29) is 17.1 Å². The highest BCUT2D eigenvalue weighted by molar-refractivity contribution is 7.89. The molecule has 2 bridgehead atoms.